The van der Waals surface area contributed by atoms with Gasteiger partial charge in [-0.25, -0.2) is 4.98 Å². The molecule has 1 N–H and O–H groups in total. The molecular formula is C22H28N4O4. The molecule has 0 spiro atoms. The number of amides is 4. The molecule has 1 aliphatic carbocycles. The van der Waals surface area contributed by atoms with Crippen molar-refractivity contribution in [1.82, 2.24) is 14.8 Å². The van der Waals surface area contributed by atoms with Crippen LogP contribution in [-0.2, 0) is 19.2 Å². The van der Waals surface area contributed by atoms with E-state index < -0.39 is 0 Å². The van der Waals surface area contributed by atoms with Crippen LogP contribution in [0.15, 0.2) is 18.3 Å². The van der Waals surface area contributed by atoms with Gasteiger partial charge in [0.25, 0.3) is 0 Å². The lowest BCUT2D eigenvalue weighted by Gasteiger charge is -2.32. The van der Waals surface area contributed by atoms with Crippen molar-refractivity contribution >= 4 is 29.4 Å². The summed E-state index contributed by atoms with van der Waals surface area (Å²) in [6.45, 7) is 2.65. The van der Waals surface area contributed by atoms with Crippen LogP contribution in [0.1, 0.15) is 44.1 Å². The Balaban J connectivity index is 1.28. The zero-order valence-electron chi connectivity index (χ0n) is 17.3. The number of anilines is 1. The third-order valence-electron chi connectivity index (χ3n) is 6.61. The Kier molecular flexibility index (Phi) is 5.83. The van der Waals surface area contributed by atoms with E-state index in [1.165, 1.54) is 4.90 Å². The molecule has 1 aromatic heterocycles. The summed E-state index contributed by atoms with van der Waals surface area (Å²) < 4.78 is 0. The van der Waals surface area contributed by atoms with Gasteiger partial charge in [0.05, 0.1) is 11.8 Å². The second kappa shape index (κ2) is 8.53. The molecule has 4 rings (SSSR count). The van der Waals surface area contributed by atoms with Crippen LogP contribution < -0.4 is 5.32 Å². The maximum Gasteiger partial charge on any atom is 0.242 e. The zero-order valence-corrected chi connectivity index (χ0v) is 17.3. The van der Waals surface area contributed by atoms with Crippen LogP contribution in [0.2, 0.25) is 0 Å². The summed E-state index contributed by atoms with van der Waals surface area (Å²) in [5, 5.41) is 2.83. The Morgan fingerprint density at radius 1 is 1.03 bits per heavy atom. The topological polar surface area (TPSA) is 99.7 Å². The number of piperidine rings is 1. The molecule has 2 atom stereocenters. The van der Waals surface area contributed by atoms with Crippen LogP contribution in [0.4, 0.5) is 5.82 Å². The summed E-state index contributed by atoms with van der Waals surface area (Å²) >= 11 is 0. The van der Waals surface area contributed by atoms with E-state index in [2.05, 4.69) is 10.3 Å². The minimum absolute atomic E-state index is 0.0903. The molecule has 30 heavy (non-hydrogen) atoms. The number of fused-ring (bicyclic) bond motifs is 1. The molecule has 3 aliphatic rings. The maximum atomic E-state index is 12.7. The van der Waals surface area contributed by atoms with Gasteiger partial charge in [0.2, 0.25) is 23.6 Å². The Hall–Kier alpha value is -2.77. The Morgan fingerprint density at radius 3 is 2.23 bits per heavy atom. The van der Waals surface area contributed by atoms with Gasteiger partial charge in [-0.1, -0.05) is 18.9 Å². The number of pyridine rings is 1. The van der Waals surface area contributed by atoms with Gasteiger partial charge in [-0.15, -0.1) is 0 Å². The van der Waals surface area contributed by atoms with E-state index in [0.717, 1.165) is 31.2 Å². The Labute approximate surface area is 176 Å². The van der Waals surface area contributed by atoms with Crippen LogP contribution in [-0.4, -0.2) is 58.0 Å². The van der Waals surface area contributed by atoms with Crippen LogP contribution >= 0.6 is 0 Å². The molecule has 2 unspecified atom stereocenters. The number of rotatable bonds is 4. The van der Waals surface area contributed by atoms with E-state index in [1.54, 1.807) is 17.2 Å². The first-order valence-corrected chi connectivity index (χ1v) is 10.8. The molecule has 160 valence electrons. The highest BCUT2D eigenvalue weighted by Crippen LogP contribution is 2.38. The maximum absolute atomic E-state index is 12.7. The molecule has 0 bridgehead atoms. The van der Waals surface area contributed by atoms with Gasteiger partial charge in [0, 0.05) is 25.2 Å². The van der Waals surface area contributed by atoms with Crippen LogP contribution in [0, 0.1) is 24.7 Å². The highest BCUT2D eigenvalue weighted by Gasteiger charge is 2.48. The quantitative estimate of drug-likeness (QED) is 0.760. The van der Waals surface area contributed by atoms with Gasteiger partial charge in [-0.3, -0.25) is 24.1 Å². The molecule has 3 fully saturated rings. The van der Waals surface area contributed by atoms with Gasteiger partial charge in [-0.2, -0.15) is 0 Å². The molecule has 4 amide bonds. The van der Waals surface area contributed by atoms with Gasteiger partial charge in [0.15, 0.2) is 0 Å². The standard InChI is InChI=1S/C22H28N4O4/c1-14-6-7-18(23-12-14)24-20(28)15-8-10-25(11-9-15)19(27)13-26-21(29)16-4-2-3-5-17(16)22(26)30/h6-7,12,15-17H,2-5,8-11,13H2,1H3,(H,23,24,28). The highest BCUT2D eigenvalue weighted by molar-refractivity contribution is 6.07. The fourth-order valence-electron chi connectivity index (χ4n) is 4.78. The smallest absolute Gasteiger partial charge is 0.242 e. The van der Waals surface area contributed by atoms with Crippen LogP contribution in [0.5, 0.6) is 0 Å². The molecule has 1 aromatic rings. The fraction of sp³-hybridized carbons (Fsp3) is 0.591. The number of nitrogens with zero attached hydrogens (tertiary/aromatic N) is 3. The number of hydrogen-bond acceptors (Lipinski definition) is 5. The number of aryl methyl sites for hydroxylation is 1. The highest BCUT2D eigenvalue weighted by atomic mass is 16.2. The number of carbonyl (C=O) groups excluding carboxylic acids is 4. The predicted molar refractivity (Wildman–Crippen MR) is 109 cm³/mol. The van der Waals surface area contributed by atoms with Gasteiger partial charge >= 0.3 is 0 Å². The van der Waals surface area contributed by atoms with Crippen molar-refractivity contribution in [2.24, 2.45) is 17.8 Å². The summed E-state index contributed by atoms with van der Waals surface area (Å²) in [7, 11) is 0. The fourth-order valence-corrected chi connectivity index (χ4v) is 4.78. The van der Waals surface area contributed by atoms with E-state index in [9.17, 15) is 19.2 Å². The van der Waals surface area contributed by atoms with Crippen molar-refractivity contribution in [2.45, 2.75) is 45.4 Å². The van der Waals surface area contributed by atoms with Gasteiger partial charge in [0.1, 0.15) is 12.4 Å². The lowest BCUT2D eigenvalue weighted by atomic mass is 9.81. The van der Waals surface area contributed by atoms with Crippen molar-refractivity contribution in [2.75, 3.05) is 25.0 Å². The van der Waals surface area contributed by atoms with Crippen molar-refractivity contribution in [3.63, 3.8) is 0 Å². The zero-order chi connectivity index (χ0) is 21.3. The Morgan fingerprint density at radius 2 is 1.67 bits per heavy atom. The largest absolute Gasteiger partial charge is 0.341 e. The van der Waals surface area contributed by atoms with E-state index in [0.29, 0.717) is 31.7 Å². The van der Waals surface area contributed by atoms with E-state index >= 15 is 0 Å². The monoisotopic (exact) mass is 412 g/mol. The molecule has 8 nitrogen and oxygen atoms in total. The minimum Gasteiger partial charge on any atom is -0.341 e. The lowest BCUT2D eigenvalue weighted by Crippen LogP contribution is -2.47. The molecule has 2 aliphatic heterocycles. The van der Waals surface area contributed by atoms with Crippen LogP contribution in [0.3, 0.4) is 0 Å². The number of aromatic nitrogens is 1. The molecule has 1 saturated carbocycles. The van der Waals surface area contributed by atoms with Gasteiger partial charge < -0.3 is 10.2 Å². The number of hydrogen-bond donors (Lipinski definition) is 1. The number of nitrogens with one attached hydrogen (secondary N) is 1. The molecule has 0 radical (unpaired) electrons. The predicted octanol–water partition coefficient (Wildman–Crippen LogP) is 1.74. The van der Waals surface area contributed by atoms with E-state index in [-0.39, 0.29) is 47.9 Å². The first kappa shape index (κ1) is 20.5. The van der Waals surface area contributed by atoms with E-state index in [4.69, 9.17) is 0 Å². The Bertz CT molecular complexity index is 821. The van der Waals surface area contributed by atoms with Crippen molar-refractivity contribution < 1.29 is 19.2 Å². The number of likely N-dealkylation sites (tertiary alicyclic amines) is 2. The third-order valence-corrected chi connectivity index (χ3v) is 6.61. The third kappa shape index (κ3) is 4.08. The van der Waals surface area contributed by atoms with Gasteiger partial charge in [-0.05, 0) is 44.2 Å². The first-order chi connectivity index (χ1) is 14.4. The molecular weight excluding hydrogens is 384 g/mol. The summed E-state index contributed by atoms with van der Waals surface area (Å²) in [5.74, 6) is -0.794. The summed E-state index contributed by atoms with van der Waals surface area (Å²) in [4.78, 5) is 57.4. The number of carbonyl (C=O) groups is 4. The summed E-state index contributed by atoms with van der Waals surface area (Å²) in [6, 6.07) is 3.66. The average molecular weight is 412 g/mol. The molecule has 2 saturated heterocycles. The normalized spacial score (nSPS) is 24.7. The molecule has 0 aromatic carbocycles. The number of imide groups is 1. The lowest BCUT2D eigenvalue weighted by molar-refractivity contribution is -0.147. The van der Waals surface area contributed by atoms with E-state index in [1.807, 2.05) is 13.0 Å². The first-order valence-electron chi connectivity index (χ1n) is 10.8. The SMILES string of the molecule is Cc1ccc(NC(=O)C2CCN(C(=O)CN3C(=O)C4CCCCC4C3=O)CC2)nc1. The summed E-state index contributed by atoms with van der Waals surface area (Å²) in [6.07, 6.45) is 6.24. The summed E-state index contributed by atoms with van der Waals surface area (Å²) in [5.41, 5.74) is 1.02. The van der Waals surface area contributed by atoms with Crippen molar-refractivity contribution in [1.29, 1.82) is 0 Å². The second-order valence-corrected chi connectivity index (χ2v) is 8.63. The molecule has 3 heterocycles. The minimum atomic E-state index is -0.233. The second-order valence-electron chi connectivity index (χ2n) is 8.63. The molecule has 8 heteroatoms. The van der Waals surface area contributed by atoms with Crippen LogP contribution in [0.25, 0.3) is 0 Å². The van der Waals surface area contributed by atoms with Crippen molar-refractivity contribution in [3.8, 4) is 0 Å². The van der Waals surface area contributed by atoms with Crippen molar-refractivity contribution in [3.05, 3.63) is 23.9 Å². The average Bonchev–Trinajstić information content (AvgIpc) is 3.00.